The van der Waals surface area contributed by atoms with Crippen LogP contribution in [0.3, 0.4) is 0 Å². The van der Waals surface area contributed by atoms with Gasteiger partial charge in [-0.05, 0) is 26.4 Å². The summed E-state index contributed by atoms with van der Waals surface area (Å²) in [5.74, 6) is 0.0920. The Morgan fingerprint density at radius 1 is 1.31 bits per heavy atom. The first-order valence-corrected chi connectivity index (χ1v) is 5.34. The van der Waals surface area contributed by atoms with Gasteiger partial charge in [-0.15, -0.1) is 24.8 Å². The highest BCUT2D eigenvalue weighted by Gasteiger charge is 2.06. The molecule has 0 aliphatic heterocycles. The van der Waals surface area contributed by atoms with Crippen LogP contribution < -0.4 is 11.1 Å². The predicted octanol–water partition coefficient (Wildman–Crippen LogP) is 1.03. The van der Waals surface area contributed by atoms with Gasteiger partial charge in [0, 0.05) is 12.6 Å². The number of nitrogens with one attached hydrogen (secondary N) is 1. The lowest BCUT2D eigenvalue weighted by atomic mass is 10.2. The molecule has 0 radical (unpaired) electrons. The molecule has 0 aromatic carbocycles. The van der Waals surface area contributed by atoms with Crippen molar-refractivity contribution in [1.82, 2.24) is 10.2 Å². The Bertz CT molecular complexity index is 164. The van der Waals surface area contributed by atoms with E-state index in [1.807, 2.05) is 6.92 Å². The van der Waals surface area contributed by atoms with Gasteiger partial charge in [0.15, 0.2) is 0 Å². The van der Waals surface area contributed by atoms with Crippen LogP contribution in [0.2, 0.25) is 0 Å². The number of carbonyl (C=O) groups is 1. The Labute approximate surface area is 111 Å². The summed E-state index contributed by atoms with van der Waals surface area (Å²) in [5.41, 5.74) is 5.57. The number of hydrogen-bond acceptors (Lipinski definition) is 3. The molecular weight excluding hydrogens is 249 g/mol. The van der Waals surface area contributed by atoms with Crippen molar-refractivity contribution >= 4 is 30.7 Å². The van der Waals surface area contributed by atoms with Crippen molar-refractivity contribution in [2.24, 2.45) is 5.73 Å². The van der Waals surface area contributed by atoms with Crippen LogP contribution in [0, 0.1) is 0 Å². The summed E-state index contributed by atoms with van der Waals surface area (Å²) in [5, 5.41) is 2.85. The molecule has 0 rings (SSSR count). The smallest absolute Gasteiger partial charge is 0.234 e. The van der Waals surface area contributed by atoms with E-state index < -0.39 is 0 Å². The van der Waals surface area contributed by atoms with E-state index in [9.17, 15) is 4.79 Å². The number of amides is 1. The molecule has 4 nitrogen and oxygen atoms in total. The lowest BCUT2D eigenvalue weighted by Crippen LogP contribution is -2.38. The normalized spacial score (nSPS) is 11.3. The number of likely N-dealkylation sites (N-methyl/N-ethyl adjacent to an activating group) is 1. The van der Waals surface area contributed by atoms with Gasteiger partial charge in [0.2, 0.25) is 5.91 Å². The number of halogens is 2. The van der Waals surface area contributed by atoms with Crippen molar-refractivity contribution in [3.8, 4) is 0 Å². The summed E-state index contributed by atoms with van der Waals surface area (Å²) >= 11 is 0. The Morgan fingerprint density at radius 3 is 2.19 bits per heavy atom. The maximum atomic E-state index is 11.4. The zero-order chi connectivity index (χ0) is 11.0. The summed E-state index contributed by atoms with van der Waals surface area (Å²) in [6.07, 6.45) is 0.837. The fourth-order valence-electron chi connectivity index (χ4n) is 1.15. The van der Waals surface area contributed by atoms with E-state index in [1.165, 1.54) is 0 Å². The highest BCUT2D eigenvalue weighted by Crippen LogP contribution is 1.87. The Morgan fingerprint density at radius 2 is 1.81 bits per heavy atom. The molecule has 16 heavy (non-hydrogen) atoms. The van der Waals surface area contributed by atoms with Crippen LogP contribution in [0.1, 0.15) is 27.2 Å². The van der Waals surface area contributed by atoms with Crippen LogP contribution in [-0.2, 0) is 4.79 Å². The summed E-state index contributed by atoms with van der Waals surface area (Å²) in [6, 6.07) is 0.156. The van der Waals surface area contributed by atoms with Gasteiger partial charge in [-0.25, -0.2) is 0 Å². The van der Waals surface area contributed by atoms with Gasteiger partial charge in [-0.2, -0.15) is 0 Å². The molecule has 100 valence electrons. The second-order valence-corrected chi connectivity index (χ2v) is 3.58. The van der Waals surface area contributed by atoms with Gasteiger partial charge in [0.1, 0.15) is 0 Å². The predicted molar refractivity (Wildman–Crippen MR) is 73.6 cm³/mol. The third kappa shape index (κ3) is 12.0. The molecule has 6 heteroatoms. The topological polar surface area (TPSA) is 58.4 Å². The molecule has 1 unspecified atom stereocenters. The molecule has 0 fully saturated rings. The highest BCUT2D eigenvalue weighted by atomic mass is 35.5. The first-order valence-electron chi connectivity index (χ1n) is 5.34. The van der Waals surface area contributed by atoms with Crippen molar-refractivity contribution in [3.05, 3.63) is 0 Å². The lowest BCUT2D eigenvalue weighted by Gasteiger charge is -2.17. The van der Waals surface area contributed by atoms with Crippen molar-refractivity contribution < 1.29 is 4.79 Å². The Kier molecular flexibility index (Phi) is 17.3. The van der Waals surface area contributed by atoms with Crippen LogP contribution in [0.5, 0.6) is 0 Å². The number of nitrogens with zero attached hydrogens (tertiary/aromatic N) is 1. The Hall–Kier alpha value is -0.0300. The average molecular weight is 274 g/mol. The first kappa shape index (κ1) is 21.3. The summed E-state index contributed by atoms with van der Waals surface area (Å²) in [6.45, 7) is 9.05. The van der Waals surface area contributed by atoms with E-state index in [0.29, 0.717) is 13.1 Å². The van der Waals surface area contributed by atoms with Gasteiger partial charge in [-0.3, -0.25) is 9.69 Å². The number of carbonyl (C=O) groups excluding carboxylic acids is 1. The molecule has 0 aromatic rings. The number of nitrogens with two attached hydrogens (primary N) is 1. The SMILES string of the molecule is CCN(CC)CC(=O)NCCC(C)N.Cl.Cl. The summed E-state index contributed by atoms with van der Waals surface area (Å²) in [7, 11) is 0. The minimum absolute atomic E-state index is 0. The first-order chi connectivity index (χ1) is 6.60. The zero-order valence-corrected chi connectivity index (χ0v) is 12.0. The van der Waals surface area contributed by atoms with Crippen LogP contribution in [0.15, 0.2) is 0 Å². The van der Waals surface area contributed by atoms with Crippen LogP contribution >= 0.6 is 24.8 Å². The van der Waals surface area contributed by atoms with E-state index >= 15 is 0 Å². The Balaban J connectivity index is -0.000000845. The standard InChI is InChI=1S/C10H23N3O.2ClH/c1-4-13(5-2)8-10(14)12-7-6-9(3)11;;/h9H,4-8,11H2,1-3H3,(H,12,14);2*1H. The molecule has 0 heterocycles. The van der Waals surface area contributed by atoms with Gasteiger partial charge >= 0.3 is 0 Å². The fourth-order valence-corrected chi connectivity index (χ4v) is 1.15. The average Bonchev–Trinajstić information content (AvgIpc) is 2.13. The second kappa shape index (κ2) is 13.0. The third-order valence-electron chi connectivity index (χ3n) is 2.18. The van der Waals surface area contributed by atoms with Gasteiger partial charge in [0.05, 0.1) is 6.54 Å². The maximum Gasteiger partial charge on any atom is 0.234 e. The molecule has 1 atom stereocenters. The van der Waals surface area contributed by atoms with Gasteiger partial charge in [0.25, 0.3) is 0 Å². The van der Waals surface area contributed by atoms with Crippen molar-refractivity contribution in [2.75, 3.05) is 26.2 Å². The fraction of sp³-hybridized carbons (Fsp3) is 0.900. The zero-order valence-electron chi connectivity index (χ0n) is 10.4. The van der Waals surface area contributed by atoms with Crippen LogP contribution in [0.4, 0.5) is 0 Å². The molecule has 0 saturated heterocycles. The minimum atomic E-state index is 0. The van der Waals surface area contributed by atoms with Crippen molar-refractivity contribution in [3.63, 3.8) is 0 Å². The summed E-state index contributed by atoms with van der Waals surface area (Å²) in [4.78, 5) is 13.4. The maximum absolute atomic E-state index is 11.4. The third-order valence-corrected chi connectivity index (χ3v) is 2.18. The van der Waals surface area contributed by atoms with Crippen LogP contribution in [0.25, 0.3) is 0 Å². The minimum Gasteiger partial charge on any atom is -0.355 e. The molecule has 0 spiro atoms. The van der Waals surface area contributed by atoms with Crippen molar-refractivity contribution in [1.29, 1.82) is 0 Å². The number of hydrogen-bond donors (Lipinski definition) is 2. The van der Waals surface area contributed by atoms with Gasteiger partial charge in [-0.1, -0.05) is 13.8 Å². The molecule has 1 amide bonds. The van der Waals surface area contributed by atoms with Gasteiger partial charge < -0.3 is 11.1 Å². The second-order valence-electron chi connectivity index (χ2n) is 3.58. The van der Waals surface area contributed by atoms with E-state index in [4.69, 9.17) is 5.73 Å². The molecular formula is C10H25Cl2N3O. The lowest BCUT2D eigenvalue weighted by molar-refractivity contribution is -0.122. The monoisotopic (exact) mass is 273 g/mol. The molecule has 0 saturated carbocycles. The molecule has 0 aliphatic carbocycles. The quantitative estimate of drug-likeness (QED) is 0.729. The van der Waals surface area contributed by atoms with E-state index in [-0.39, 0.29) is 36.8 Å². The molecule has 3 N–H and O–H groups in total. The van der Waals surface area contributed by atoms with E-state index in [0.717, 1.165) is 19.5 Å². The highest BCUT2D eigenvalue weighted by molar-refractivity contribution is 5.85. The largest absolute Gasteiger partial charge is 0.355 e. The molecule has 0 aliphatic rings. The molecule has 0 bridgehead atoms. The van der Waals surface area contributed by atoms with Crippen molar-refractivity contribution in [2.45, 2.75) is 33.2 Å². The van der Waals surface area contributed by atoms with E-state index in [2.05, 4.69) is 24.1 Å². The van der Waals surface area contributed by atoms with E-state index in [1.54, 1.807) is 0 Å². The molecule has 0 aromatic heterocycles. The number of rotatable bonds is 7. The van der Waals surface area contributed by atoms with Crippen LogP contribution in [-0.4, -0.2) is 43.0 Å². The summed E-state index contributed by atoms with van der Waals surface area (Å²) < 4.78 is 0.